The quantitative estimate of drug-likeness (QED) is 0.0190. The maximum Gasteiger partial charge on any atom is 0.277 e. The molecule has 4 amide bonds. The first-order valence-corrected chi connectivity index (χ1v) is 34.6. The van der Waals surface area contributed by atoms with Gasteiger partial charge in [-0.15, -0.1) is 0 Å². The van der Waals surface area contributed by atoms with Crippen LogP contribution < -0.4 is 29.3 Å². The normalized spacial score (nSPS) is 17.3. The third kappa shape index (κ3) is 16.2. The lowest BCUT2D eigenvalue weighted by atomic mass is 9.93. The highest BCUT2D eigenvalue weighted by molar-refractivity contribution is 8.77. The number of anilines is 3. The van der Waals surface area contributed by atoms with Gasteiger partial charge in [-0.1, -0.05) is 70.1 Å². The number of Topliss-reactive ketones (excluding diaryl/α,β-unsaturated/α-hetero) is 1. The van der Waals surface area contributed by atoms with Gasteiger partial charge in [0.25, 0.3) is 33.7 Å². The number of ketones is 1. The van der Waals surface area contributed by atoms with E-state index in [0.29, 0.717) is 112 Å². The second kappa shape index (κ2) is 30.1. The van der Waals surface area contributed by atoms with Crippen LogP contribution in [0.1, 0.15) is 92.8 Å². The highest BCUT2D eigenvalue weighted by Crippen LogP contribution is 2.42. The lowest BCUT2D eigenvalue weighted by molar-refractivity contribution is -0.137. The van der Waals surface area contributed by atoms with Crippen molar-refractivity contribution in [2.45, 2.75) is 101 Å². The summed E-state index contributed by atoms with van der Waals surface area (Å²) in [5.74, 6) is 0.244. The average molecular weight is 1300 g/mol. The lowest BCUT2D eigenvalue weighted by Gasteiger charge is -2.36. The number of nitrogens with one attached hydrogen (secondary N) is 1. The van der Waals surface area contributed by atoms with Crippen LogP contribution in [0.4, 0.5) is 17.1 Å². The molecule has 1 N–H and O–H groups in total. The summed E-state index contributed by atoms with van der Waals surface area (Å²) < 4.78 is 67.3. The average Bonchev–Trinajstić information content (AvgIpc) is 2.25. The first-order valence-electron chi connectivity index (χ1n) is 30.8. The third-order valence-electron chi connectivity index (χ3n) is 17.2. The van der Waals surface area contributed by atoms with Crippen LogP contribution in [0.15, 0.2) is 103 Å². The van der Waals surface area contributed by atoms with Crippen LogP contribution in [0.5, 0.6) is 17.2 Å². The fourth-order valence-corrected chi connectivity index (χ4v) is 16.2. The van der Waals surface area contributed by atoms with Crippen LogP contribution in [0.3, 0.4) is 0 Å². The first kappa shape index (κ1) is 66.8. The van der Waals surface area contributed by atoms with Crippen molar-refractivity contribution in [3.8, 4) is 17.2 Å². The number of amides is 4. The van der Waals surface area contributed by atoms with Gasteiger partial charge in [-0.2, -0.15) is 8.42 Å². The number of benzene rings is 5. The monoisotopic (exact) mass is 1300 g/mol. The van der Waals surface area contributed by atoms with E-state index < -0.39 is 37.7 Å². The number of carbonyl (C=O) groups excluding carboxylic acids is 5. The molecule has 0 aromatic heterocycles. The van der Waals surface area contributed by atoms with Crippen LogP contribution in [0.2, 0.25) is 0 Å². The second-order valence-corrected chi connectivity index (χ2v) is 29.1. The molecule has 5 aromatic carbocycles. The summed E-state index contributed by atoms with van der Waals surface area (Å²) in [6.07, 6.45) is 3.80. The highest BCUT2D eigenvalue weighted by atomic mass is 33.1. The Morgan fingerprint density at radius 3 is 2.01 bits per heavy atom. The van der Waals surface area contributed by atoms with Crippen molar-refractivity contribution < 1.29 is 65.0 Å². The van der Waals surface area contributed by atoms with Gasteiger partial charge in [-0.05, 0) is 116 Å². The van der Waals surface area contributed by atoms with Crippen LogP contribution in [-0.4, -0.2) is 174 Å². The van der Waals surface area contributed by atoms with Crippen molar-refractivity contribution in [2.75, 3.05) is 115 Å². The van der Waals surface area contributed by atoms with Gasteiger partial charge in [0.05, 0.1) is 81.8 Å². The lowest BCUT2D eigenvalue weighted by Crippen LogP contribution is -2.47. The van der Waals surface area contributed by atoms with Gasteiger partial charge in [0.15, 0.2) is 17.3 Å². The van der Waals surface area contributed by atoms with Gasteiger partial charge in [0.2, 0.25) is 0 Å². The molecule has 1 unspecified atom stereocenters. The van der Waals surface area contributed by atoms with E-state index in [1.54, 1.807) is 31.1 Å². The molecule has 0 fully saturated rings. The van der Waals surface area contributed by atoms with E-state index in [1.165, 1.54) is 34.1 Å². The summed E-state index contributed by atoms with van der Waals surface area (Å²) in [7, 11) is 5.00. The maximum absolute atomic E-state index is 14.5. The minimum Gasteiger partial charge on any atom is -0.493 e. The number of hydrogen-bond donors (Lipinski definition) is 1. The molecule has 0 radical (unpaired) electrons. The topological polar surface area (TPSA) is 212 Å². The number of aryl methyl sites for hydroxylation is 1. The molecule has 486 valence electrons. The van der Waals surface area contributed by atoms with Gasteiger partial charge in [0.1, 0.15) is 24.2 Å². The van der Waals surface area contributed by atoms with Crippen molar-refractivity contribution in [2.24, 2.45) is 0 Å². The Kier molecular flexibility index (Phi) is 22.1. The predicted octanol–water partition coefficient (Wildman–Crippen LogP) is 8.83. The zero-order valence-corrected chi connectivity index (χ0v) is 55.3. The van der Waals surface area contributed by atoms with Crippen molar-refractivity contribution in [1.82, 2.24) is 14.7 Å². The van der Waals surface area contributed by atoms with E-state index in [4.69, 9.17) is 32.6 Å². The highest BCUT2D eigenvalue weighted by Gasteiger charge is 2.39. The van der Waals surface area contributed by atoms with Crippen molar-refractivity contribution in [3.05, 3.63) is 153 Å². The summed E-state index contributed by atoms with van der Waals surface area (Å²) >= 11 is 0. The van der Waals surface area contributed by atoms with Crippen LogP contribution >= 0.6 is 21.6 Å². The number of ether oxygens (including phenoxy) is 6. The number of fused-ring (bicyclic) bond motifs is 6. The standard InChI is InChI=1S/C68H82N6O14S3/c1-45-29-55-57(69-38-53-33-48-13-8-10-15-50(48)39-73(53)66(55)78)36-60(45)87-42-46-30-47(43-88-62-37-58-56(35-61(62)83-6)67(79)74-40-51-16-11-9-14-49(51)34-54(74)41-70(58)4)32-52(31-46)71(22-23-85-26-27-86-25-24-82-5)44-68(2,3)90-89-28-20-63(91(80,81)84-7)59(75)17-12-21-72-64(76)18-19-65(72)77/h8-11,13-16,18-19,29-32,35-37,53-54,63,69H,12,17,20-28,33-34,38-44H2,1-7H3/t53-,54-,63?/m0/s1. The number of rotatable bonds is 31. The van der Waals surface area contributed by atoms with E-state index >= 15 is 0 Å². The van der Waals surface area contributed by atoms with Crippen LogP contribution in [-0.2, 0) is 82.0 Å². The van der Waals surface area contributed by atoms with Gasteiger partial charge in [0, 0.05) is 107 Å². The minimum atomic E-state index is -4.26. The largest absolute Gasteiger partial charge is 0.493 e. The molecule has 5 heterocycles. The molecule has 0 aliphatic carbocycles. The molecular weight excluding hydrogens is 1220 g/mol. The molecule has 5 aromatic rings. The summed E-state index contributed by atoms with van der Waals surface area (Å²) in [5, 5.41) is 2.16. The molecule has 23 heteroatoms. The summed E-state index contributed by atoms with van der Waals surface area (Å²) in [5.41, 5.74) is 10.7. The van der Waals surface area contributed by atoms with Gasteiger partial charge in [-0.25, -0.2) is 0 Å². The number of imide groups is 1. The molecule has 0 spiro atoms. The molecule has 5 aliphatic heterocycles. The summed E-state index contributed by atoms with van der Waals surface area (Å²) in [6.45, 7) is 11.6. The minimum absolute atomic E-state index is 0.00540. The van der Waals surface area contributed by atoms with Crippen molar-refractivity contribution in [3.63, 3.8) is 0 Å². The Morgan fingerprint density at radius 2 is 1.35 bits per heavy atom. The zero-order chi connectivity index (χ0) is 64.4. The summed E-state index contributed by atoms with van der Waals surface area (Å²) in [4.78, 5) is 75.9. The number of methoxy groups -OCH3 is 2. The number of nitrogens with zero attached hydrogens (tertiary/aromatic N) is 5. The molecule has 3 atom stereocenters. The maximum atomic E-state index is 14.5. The Balaban J connectivity index is 0.905. The molecule has 0 saturated heterocycles. The van der Waals surface area contributed by atoms with Crippen LogP contribution in [0, 0.1) is 6.92 Å². The van der Waals surface area contributed by atoms with E-state index in [1.807, 2.05) is 66.2 Å². The SMILES string of the molecule is COCCOCCOCCN(CC(C)(C)SSCCC(C(=O)CCCN1C(=O)C=CC1=O)S(=O)(=O)OC)c1cc(COc2cc3c(cc2C)C(=O)N2Cc4ccccc4C[C@H]2CN3)cc(COc2cc3c(cc2OC)C(=O)N2Cc4ccccc4C[C@H]2CN3C)c1. The van der Waals surface area contributed by atoms with E-state index in [0.717, 1.165) is 64.0 Å². The van der Waals surface area contributed by atoms with E-state index in [9.17, 15) is 32.4 Å². The zero-order valence-electron chi connectivity index (χ0n) is 52.9. The van der Waals surface area contributed by atoms with E-state index in [2.05, 4.69) is 71.4 Å². The van der Waals surface area contributed by atoms with Gasteiger partial charge < -0.3 is 53.3 Å². The third-order valence-corrected chi connectivity index (χ3v) is 22.1. The van der Waals surface area contributed by atoms with Gasteiger partial charge in [-0.3, -0.25) is 33.1 Å². The molecule has 20 nitrogen and oxygen atoms in total. The molecule has 5 aliphatic rings. The molecule has 0 bridgehead atoms. The molecule has 91 heavy (non-hydrogen) atoms. The molecule has 10 rings (SSSR count). The Bertz CT molecular complexity index is 3620. The Morgan fingerprint density at radius 1 is 0.736 bits per heavy atom. The van der Waals surface area contributed by atoms with Crippen molar-refractivity contribution >= 4 is 78.2 Å². The van der Waals surface area contributed by atoms with Crippen LogP contribution in [0.25, 0.3) is 0 Å². The Labute approximate surface area is 541 Å². The summed E-state index contributed by atoms with van der Waals surface area (Å²) in [6, 6.07) is 30.3. The van der Waals surface area contributed by atoms with E-state index in [-0.39, 0.29) is 62.9 Å². The Hall–Kier alpha value is -7.12. The first-order chi connectivity index (χ1) is 43.8. The molecule has 0 saturated carbocycles. The fourth-order valence-electron chi connectivity index (χ4n) is 12.4. The number of likely N-dealkylation sites (N-methyl/N-ethyl adjacent to an activating group) is 1. The number of hydrogen-bond acceptors (Lipinski definition) is 19. The molecular formula is C68H82N6O14S3. The second-order valence-electron chi connectivity index (χ2n) is 24.1. The van der Waals surface area contributed by atoms with Crippen molar-refractivity contribution in [1.29, 1.82) is 0 Å². The predicted molar refractivity (Wildman–Crippen MR) is 353 cm³/mol. The fraction of sp³-hybridized carbons (Fsp3) is 0.456. The van der Waals surface area contributed by atoms with Gasteiger partial charge >= 0.3 is 0 Å². The number of carbonyl (C=O) groups is 5. The smallest absolute Gasteiger partial charge is 0.277 e.